The number of benzene rings is 2. The number of nitrogens with zero attached hydrogens (tertiary/aromatic N) is 2. The van der Waals surface area contributed by atoms with Crippen LogP contribution in [0.1, 0.15) is 18.9 Å². The molecule has 31 heavy (non-hydrogen) atoms. The predicted molar refractivity (Wildman–Crippen MR) is 118 cm³/mol. The van der Waals surface area contributed by atoms with E-state index < -0.39 is 5.82 Å². The molecule has 0 unspecified atom stereocenters. The average molecular weight is 432 g/mol. The van der Waals surface area contributed by atoms with E-state index in [9.17, 15) is 14.0 Å². The monoisotopic (exact) mass is 431 g/mol. The van der Waals surface area contributed by atoms with Gasteiger partial charge in [0.15, 0.2) is 11.6 Å². The molecule has 1 N–H and O–H groups in total. The van der Waals surface area contributed by atoms with Crippen LogP contribution in [0.2, 0.25) is 0 Å². The van der Waals surface area contributed by atoms with Crippen LogP contribution in [0.15, 0.2) is 42.5 Å². The summed E-state index contributed by atoms with van der Waals surface area (Å²) in [6.45, 7) is 2.99. The molecule has 0 saturated heterocycles. The van der Waals surface area contributed by atoms with Crippen molar-refractivity contribution in [1.82, 2.24) is 9.80 Å². The number of ether oxygens (including phenoxy) is 2. The predicted octanol–water partition coefficient (Wildman–Crippen LogP) is 3.15. The summed E-state index contributed by atoms with van der Waals surface area (Å²) in [5, 5.41) is 2.83. The first kappa shape index (κ1) is 24.1. The molecule has 2 aromatic carbocycles. The molecule has 0 aliphatic carbocycles. The first-order chi connectivity index (χ1) is 14.9. The molecule has 2 rings (SSSR count). The van der Waals surface area contributed by atoms with Gasteiger partial charge in [-0.2, -0.15) is 0 Å². The second-order valence-corrected chi connectivity index (χ2v) is 7.18. The van der Waals surface area contributed by atoms with Gasteiger partial charge in [-0.15, -0.1) is 0 Å². The Morgan fingerprint density at radius 1 is 1.03 bits per heavy atom. The van der Waals surface area contributed by atoms with Gasteiger partial charge in [-0.05, 0) is 42.8 Å². The summed E-state index contributed by atoms with van der Waals surface area (Å²) >= 11 is 0. The molecular formula is C23H30FN3O4. The highest BCUT2D eigenvalue weighted by atomic mass is 19.1. The molecule has 0 heterocycles. The van der Waals surface area contributed by atoms with Crippen molar-refractivity contribution >= 4 is 17.5 Å². The third kappa shape index (κ3) is 7.25. The number of rotatable bonds is 11. The molecule has 8 heteroatoms. The third-order valence-electron chi connectivity index (χ3n) is 4.71. The number of methoxy groups -OCH3 is 2. The summed E-state index contributed by atoms with van der Waals surface area (Å²) in [5.74, 6) is -0.129. The van der Waals surface area contributed by atoms with Crippen molar-refractivity contribution in [3.63, 3.8) is 0 Å². The van der Waals surface area contributed by atoms with Gasteiger partial charge in [-0.1, -0.05) is 25.1 Å². The van der Waals surface area contributed by atoms with E-state index in [1.807, 2.05) is 19.1 Å². The van der Waals surface area contributed by atoms with Gasteiger partial charge in [0.25, 0.3) is 0 Å². The molecule has 0 atom stereocenters. The van der Waals surface area contributed by atoms with Gasteiger partial charge >= 0.3 is 0 Å². The first-order valence-electron chi connectivity index (χ1n) is 10.1. The number of hydrogen-bond donors (Lipinski definition) is 1. The van der Waals surface area contributed by atoms with Crippen LogP contribution in [0.25, 0.3) is 0 Å². The van der Waals surface area contributed by atoms with E-state index in [0.717, 1.165) is 6.42 Å². The molecule has 0 saturated carbocycles. The Morgan fingerprint density at radius 3 is 2.39 bits per heavy atom. The first-order valence-corrected chi connectivity index (χ1v) is 10.1. The van der Waals surface area contributed by atoms with Crippen molar-refractivity contribution in [2.45, 2.75) is 19.9 Å². The summed E-state index contributed by atoms with van der Waals surface area (Å²) in [4.78, 5) is 28.5. The Bertz CT molecular complexity index is 891. The van der Waals surface area contributed by atoms with Gasteiger partial charge in [0.2, 0.25) is 11.8 Å². The number of likely N-dealkylation sites (N-methyl/N-ethyl adjacent to an activating group) is 1. The molecule has 0 aromatic heterocycles. The van der Waals surface area contributed by atoms with Crippen molar-refractivity contribution in [2.75, 3.05) is 46.2 Å². The van der Waals surface area contributed by atoms with Crippen molar-refractivity contribution in [2.24, 2.45) is 0 Å². The molecule has 0 aliphatic heterocycles. The summed E-state index contributed by atoms with van der Waals surface area (Å²) < 4.78 is 24.1. The number of amides is 2. The maximum Gasteiger partial charge on any atom is 0.238 e. The molecular weight excluding hydrogens is 401 g/mol. The zero-order chi connectivity index (χ0) is 22.8. The van der Waals surface area contributed by atoms with Crippen LogP contribution in [0.3, 0.4) is 0 Å². The molecule has 7 nitrogen and oxygen atoms in total. The van der Waals surface area contributed by atoms with Gasteiger partial charge in [0, 0.05) is 13.6 Å². The number of para-hydroxylation sites is 2. The highest BCUT2D eigenvalue weighted by Crippen LogP contribution is 2.23. The minimum atomic E-state index is -0.471. The lowest BCUT2D eigenvalue weighted by molar-refractivity contribution is -0.132. The Hall–Kier alpha value is -3.13. The highest BCUT2D eigenvalue weighted by molar-refractivity contribution is 5.94. The number of carbonyl (C=O) groups is 2. The standard InChI is InChI=1S/C23H30FN3O4/c1-5-12-27(15-22(28)25-19-8-6-7-9-21(19)31-4)16-23(29)26(2)14-17-10-11-20(30-3)18(24)13-17/h6-11,13H,5,12,14-16H2,1-4H3,(H,25,28). The van der Waals surface area contributed by atoms with E-state index in [1.54, 1.807) is 30.1 Å². The molecule has 2 aromatic rings. The topological polar surface area (TPSA) is 71.1 Å². The number of anilines is 1. The fraction of sp³-hybridized carbons (Fsp3) is 0.391. The molecule has 0 spiro atoms. The van der Waals surface area contributed by atoms with Gasteiger partial charge < -0.3 is 19.7 Å². The minimum Gasteiger partial charge on any atom is -0.495 e. The largest absolute Gasteiger partial charge is 0.495 e. The summed E-state index contributed by atoms with van der Waals surface area (Å²) in [6.07, 6.45) is 0.794. The van der Waals surface area contributed by atoms with Crippen LogP contribution in [0, 0.1) is 5.82 Å². The van der Waals surface area contributed by atoms with Crippen molar-refractivity contribution in [3.8, 4) is 11.5 Å². The molecule has 168 valence electrons. The zero-order valence-electron chi connectivity index (χ0n) is 18.5. The maximum absolute atomic E-state index is 13.9. The van der Waals surface area contributed by atoms with E-state index in [1.165, 1.54) is 31.3 Å². The normalized spacial score (nSPS) is 10.6. The Labute approximate surface area is 182 Å². The van der Waals surface area contributed by atoms with Crippen LogP contribution in [0.4, 0.5) is 10.1 Å². The van der Waals surface area contributed by atoms with Crippen LogP contribution < -0.4 is 14.8 Å². The van der Waals surface area contributed by atoms with Crippen LogP contribution in [-0.4, -0.2) is 62.5 Å². The SMILES string of the molecule is CCCN(CC(=O)Nc1ccccc1OC)CC(=O)N(C)Cc1ccc(OC)c(F)c1. The maximum atomic E-state index is 13.9. The van der Waals surface area contributed by atoms with Crippen molar-refractivity contribution in [3.05, 3.63) is 53.8 Å². The fourth-order valence-corrected chi connectivity index (χ4v) is 3.15. The van der Waals surface area contributed by atoms with E-state index in [0.29, 0.717) is 23.5 Å². The molecule has 0 bridgehead atoms. The summed E-state index contributed by atoms with van der Waals surface area (Å²) in [6, 6.07) is 11.8. The lowest BCUT2D eigenvalue weighted by Gasteiger charge is -2.24. The van der Waals surface area contributed by atoms with E-state index >= 15 is 0 Å². The van der Waals surface area contributed by atoms with Crippen LogP contribution >= 0.6 is 0 Å². The second-order valence-electron chi connectivity index (χ2n) is 7.18. The summed E-state index contributed by atoms with van der Waals surface area (Å²) in [5.41, 5.74) is 1.24. The van der Waals surface area contributed by atoms with E-state index in [4.69, 9.17) is 9.47 Å². The number of nitrogens with one attached hydrogen (secondary N) is 1. The Balaban J connectivity index is 1.95. The van der Waals surface area contributed by atoms with E-state index in [2.05, 4.69) is 5.32 Å². The fourth-order valence-electron chi connectivity index (χ4n) is 3.15. The van der Waals surface area contributed by atoms with Crippen LogP contribution in [-0.2, 0) is 16.1 Å². The summed E-state index contributed by atoms with van der Waals surface area (Å²) in [7, 11) is 4.60. The zero-order valence-corrected chi connectivity index (χ0v) is 18.5. The van der Waals surface area contributed by atoms with Gasteiger partial charge in [-0.25, -0.2) is 4.39 Å². The van der Waals surface area contributed by atoms with Crippen molar-refractivity contribution < 1.29 is 23.5 Å². The lowest BCUT2D eigenvalue weighted by Crippen LogP contribution is -2.42. The molecule has 0 fully saturated rings. The van der Waals surface area contributed by atoms with Crippen molar-refractivity contribution in [1.29, 1.82) is 0 Å². The van der Waals surface area contributed by atoms with Gasteiger partial charge in [0.1, 0.15) is 5.75 Å². The average Bonchev–Trinajstić information content (AvgIpc) is 2.74. The Morgan fingerprint density at radius 2 is 1.74 bits per heavy atom. The Kier molecular flexibility index (Phi) is 9.27. The minimum absolute atomic E-state index is 0.0721. The van der Waals surface area contributed by atoms with Gasteiger partial charge in [0.05, 0.1) is 33.0 Å². The third-order valence-corrected chi connectivity index (χ3v) is 4.71. The van der Waals surface area contributed by atoms with E-state index in [-0.39, 0.29) is 37.2 Å². The number of halogens is 1. The molecule has 2 amide bonds. The second kappa shape index (κ2) is 11.9. The van der Waals surface area contributed by atoms with Gasteiger partial charge in [-0.3, -0.25) is 14.5 Å². The number of hydrogen-bond acceptors (Lipinski definition) is 5. The highest BCUT2D eigenvalue weighted by Gasteiger charge is 2.18. The molecule has 0 radical (unpaired) electrons. The van der Waals surface area contributed by atoms with Crippen LogP contribution in [0.5, 0.6) is 11.5 Å². The lowest BCUT2D eigenvalue weighted by atomic mass is 10.2. The smallest absolute Gasteiger partial charge is 0.238 e. The molecule has 0 aliphatic rings. The quantitative estimate of drug-likeness (QED) is 0.592. The number of carbonyl (C=O) groups excluding carboxylic acids is 2.